The van der Waals surface area contributed by atoms with E-state index in [-0.39, 0.29) is 17.9 Å². The van der Waals surface area contributed by atoms with Gasteiger partial charge in [0.15, 0.2) is 0 Å². The third-order valence-electron chi connectivity index (χ3n) is 5.16. The lowest BCUT2D eigenvalue weighted by Crippen LogP contribution is -2.32. The number of hydrogen-bond acceptors (Lipinski definition) is 5. The largest absolute Gasteiger partial charge is 0.293 e. The Hall–Kier alpha value is -2.80. The van der Waals surface area contributed by atoms with Gasteiger partial charge >= 0.3 is 0 Å². The highest BCUT2D eigenvalue weighted by Gasteiger charge is 2.58. The summed E-state index contributed by atoms with van der Waals surface area (Å²) in [6.07, 6.45) is 6.75. The van der Waals surface area contributed by atoms with Crippen molar-refractivity contribution < 1.29 is 4.79 Å². The highest BCUT2D eigenvalue weighted by Crippen LogP contribution is 2.51. The molecule has 5 rings (SSSR count). The summed E-state index contributed by atoms with van der Waals surface area (Å²) >= 11 is 5.84. The average Bonchev–Trinajstić information content (AvgIpc) is 3.18. The van der Waals surface area contributed by atoms with E-state index in [0.29, 0.717) is 17.5 Å². The van der Waals surface area contributed by atoms with E-state index in [2.05, 4.69) is 25.4 Å². The van der Waals surface area contributed by atoms with Crippen molar-refractivity contribution in [2.75, 3.05) is 4.90 Å². The Kier molecular flexibility index (Phi) is 3.49. The zero-order chi connectivity index (χ0) is 17.7. The Labute approximate surface area is 154 Å². The van der Waals surface area contributed by atoms with E-state index in [0.717, 1.165) is 29.1 Å². The van der Waals surface area contributed by atoms with Crippen molar-refractivity contribution in [1.82, 2.24) is 25.4 Å². The van der Waals surface area contributed by atoms with E-state index < -0.39 is 0 Å². The Morgan fingerprint density at radius 2 is 2.15 bits per heavy atom. The van der Waals surface area contributed by atoms with Gasteiger partial charge in [0.05, 0.1) is 18.1 Å². The molecule has 130 valence electrons. The number of halogens is 1. The lowest BCUT2D eigenvalue weighted by molar-refractivity contribution is -0.121. The van der Waals surface area contributed by atoms with Crippen LogP contribution in [0.15, 0.2) is 42.9 Å². The van der Waals surface area contributed by atoms with Crippen LogP contribution >= 0.6 is 11.6 Å². The molecule has 1 saturated carbocycles. The molecule has 0 radical (unpaired) electrons. The molecule has 1 aliphatic heterocycles. The highest BCUT2D eigenvalue weighted by atomic mass is 35.5. The minimum atomic E-state index is -0.0164. The molecule has 4 heterocycles. The summed E-state index contributed by atoms with van der Waals surface area (Å²) in [5.74, 6) is 1.26. The fourth-order valence-corrected chi connectivity index (χ4v) is 3.91. The molecule has 1 amide bonds. The van der Waals surface area contributed by atoms with Crippen LogP contribution in [0.4, 0.5) is 5.82 Å². The first-order chi connectivity index (χ1) is 12.7. The monoisotopic (exact) mass is 366 g/mol. The number of rotatable bonds is 4. The Bertz CT molecular complexity index is 957. The van der Waals surface area contributed by atoms with Gasteiger partial charge in [-0.2, -0.15) is 15.3 Å². The summed E-state index contributed by atoms with van der Waals surface area (Å²) in [6, 6.07) is 7.71. The summed E-state index contributed by atoms with van der Waals surface area (Å²) in [5, 5.41) is 15.4. The molecular weight excluding hydrogens is 352 g/mol. The van der Waals surface area contributed by atoms with Crippen LogP contribution in [-0.2, 0) is 11.2 Å². The number of pyridine rings is 1. The second kappa shape index (κ2) is 5.88. The van der Waals surface area contributed by atoms with E-state index >= 15 is 0 Å². The molecule has 2 fully saturated rings. The topological polar surface area (TPSA) is 87.7 Å². The number of carbonyl (C=O) groups excluding carboxylic acids is 1. The zero-order valence-electron chi connectivity index (χ0n) is 13.7. The molecule has 3 aromatic rings. The number of carbonyl (C=O) groups is 1. The number of nitrogens with zero attached hydrogens (tertiary/aromatic N) is 5. The number of fused-ring (bicyclic) bond motifs is 1. The van der Waals surface area contributed by atoms with Gasteiger partial charge in [0.2, 0.25) is 5.91 Å². The standard InChI is InChI=1S/C18H15ClN6O/c19-16-2-1-10(8-20-16)5-13-12-6-15(12)25(18(13)26)17-7-14(23-24-17)11-3-4-21-22-9-11/h1-4,7-9,12-13,15H,5-6H2,(H,23,24). The number of aromatic amines is 1. The van der Waals surface area contributed by atoms with Gasteiger partial charge in [-0.1, -0.05) is 17.7 Å². The number of H-pyrrole nitrogens is 1. The van der Waals surface area contributed by atoms with Gasteiger partial charge in [0.25, 0.3) is 0 Å². The Morgan fingerprint density at radius 1 is 1.23 bits per heavy atom. The lowest BCUT2D eigenvalue weighted by Gasteiger charge is -2.18. The molecule has 3 aromatic heterocycles. The molecule has 3 atom stereocenters. The van der Waals surface area contributed by atoms with Crippen LogP contribution in [0.5, 0.6) is 0 Å². The summed E-state index contributed by atoms with van der Waals surface area (Å²) in [4.78, 5) is 19.0. The quantitative estimate of drug-likeness (QED) is 0.717. The van der Waals surface area contributed by atoms with Gasteiger partial charge < -0.3 is 0 Å². The van der Waals surface area contributed by atoms with Gasteiger partial charge in [0, 0.05) is 29.8 Å². The first-order valence-electron chi connectivity index (χ1n) is 8.46. The smallest absolute Gasteiger partial charge is 0.232 e. The number of hydrogen-bond donors (Lipinski definition) is 1. The van der Waals surface area contributed by atoms with E-state index in [4.69, 9.17) is 11.6 Å². The molecule has 1 saturated heterocycles. The predicted octanol–water partition coefficient (Wildman–Crippen LogP) is 2.51. The molecule has 0 bridgehead atoms. The predicted molar refractivity (Wildman–Crippen MR) is 95.4 cm³/mol. The van der Waals surface area contributed by atoms with Gasteiger partial charge in [-0.05, 0) is 36.5 Å². The van der Waals surface area contributed by atoms with Crippen molar-refractivity contribution in [2.45, 2.75) is 18.9 Å². The van der Waals surface area contributed by atoms with Crippen LogP contribution in [0.25, 0.3) is 11.3 Å². The van der Waals surface area contributed by atoms with Crippen LogP contribution in [0, 0.1) is 11.8 Å². The Morgan fingerprint density at radius 3 is 2.92 bits per heavy atom. The summed E-state index contributed by atoms with van der Waals surface area (Å²) in [6.45, 7) is 0. The SMILES string of the molecule is O=C1C(Cc2ccc(Cl)nc2)C2CC2N1c1cc(-c2ccnnc2)n[nH]1. The highest BCUT2D eigenvalue weighted by molar-refractivity contribution is 6.29. The Balaban J connectivity index is 1.37. The molecule has 8 heteroatoms. The van der Waals surface area contributed by atoms with Gasteiger partial charge in [0.1, 0.15) is 11.0 Å². The third kappa shape index (κ3) is 2.55. The number of aromatic nitrogens is 5. The molecule has 26 heavy (non-hydrogen) atoms. The molecule has 1 N–H and O–H groups in total. The van der Waals surface area contributed by atoms with Gasteiger partial charge in [-0.15, -0.1) is 0 Å². The molecule has 7 nitrogen and oxygen atoms in total. The van der Waals surface area contributed by atoms with E-state index in [1.807, 2.05) is 23.1 Å². The van der Waals surface area contributed by atoms with Crippen LogP contribution < -0.4 is 4.90 Å². The minimum absolute atomic E-state index is 0.0164. The van der Waals surface area contributed by atoms with Crippen LogP contribution in [0.3, 0.4) is 0 Å². The van der Waals surface area contributed by atoms with E-state index in [1.165, 1.54) is 0 Å². The van der Waals surface area contributed by atoms with E-state index in [1.54, 1.807) is 24.7 Å². The summed E-state index contributed by atoms with van der Waals surface area (Å²) < 4.78 is 0. The third-order valence-corrected chi connectivity index (χ3v) is 5.38. The normalized spacial score (nSPS) is 24.0. The zero-order valence-corrected chi connectivity index (χ0v) is 14.5. The van der Waals surface area contributed by atoms with Crippen molar-refractivity contribution in [3.05, 3.63) is 53.6 Å². The maximum atomic E-state index is 13.0. The minimum Gasteiger partial charge on any atom is -0.293 e. The molecule has 1 aliphatic carbocycles. The average molecular weight is 367 g/mol. The first kappa shape index (κ1) is 15.5. The van der Waals surface area contributed by atoms with Crippen molar-refractivity contribution in [3.8, 4) is 11.3 Å². The molecule has 2 aliphatic rings. The van der Waals surface area contributed by atoms with Crippen LogP contribution in [-0.4, -0.2) is 37.3 Å². The maximum absolute atomic E-state index is 13.0. The van der Waals surface area contributed by atoms with E-state index in [9.17, 15) is 4.79 Å². The lowest BCUT2D eigenvalue weighted by atomic mass is 9.96. The van der Waals surface area contributed by atoms with Gasteiger partial charge in [-0.25, -0.2) is 4.98 Å². The van der Waals surface area contributed by atoms with Crippen molar-refractivity contribution in [3.63, 3.8) is 0 Å². The van der Waals surface area contributed by atoms with Crippen molar-refractivity contribution in [1.29, 1.82) is 0 Å². The second-order valence-electron chi connectivity index (χ2n) is 6.74. The number of nitrogens with one attached hydrogen (secondary N) is 1. The van der Waals surface area contributed by atoms with Gasteiger partial charge in [-0.3, -0.25) is 14.8 Å². The summed E-state index contributed by atoms with van der Waals surface area (Å²) in [5.41, 5.74) is 2.66. The summed E-state index contributed by atoms with van der Waals surface area (Å²) in [7, 11) is 0. The van der Waals surface area contributed by atoms with Crippen molar-refractivity contribution in [2.24, 2.45) is 11.8 Å². The molecule has 3 unspecified atom stereocenters. The maximum Gasteiger partial charge on any atom is 0.232 e. The molecular formula is C18H15ClN6O. The van der Waals surface area contributed by atoms with Crippen molar-refractivity contribution >= 4 is 23.3 Å². The second-order valence-corrected chi connectivity index (χ2v) is 7.13. The number of piperidine rings is 1. The number of anilines is 1. The van der Waals surface area contributed by atoms with Crippen LogP contribution in [0.2, 0.25) is 5.15 Å². The molecule has 0 spiro atoms. The fourth-order valence-electron chi connectivity index (χ4n) is 3.80. The molecule has 0 aromatic carbocycles. The first-order valence-corrected chi connectivity index (χ1v) is 8.84. The fraction of sp³-hybridized carbons (Fsp3) is 0.278. The number of amides is 1. The van der Waals surface area contributed by atoms with Crippen LogP contribution in [0.1, 0.15) is 12.0 Å².